The van der Waals surface area contributed by atoms with Crippen LogP contribution in [0.3, 0.4) is 0 Å². The van der Waals surface area contributed by atoms with Crippen molar-refractivity contribution in [2.24, 2.45) is 5.73 Å². The molecule has 0 radical (unpaired) electrons. The monoisotopic (exact) mass is 185 g/mol. The van der Waals surface area contributed by atoms with Crippen LogP contribution in [-0.2, 0) is 11.2 Å². The molecule has 0 aliphatic heterocycles. The molecule has 0 aromatic carbocycles. The molecule has 1 atom stereocenters. The van der Waals surface area contributed by atoms with Crippen molar-refractivity contribution in [1.82, 2.24) is 0 Å². The summed E-state index contributed by atoms with van der Waals surface area (Å²) in [4.78, 5) is 11.5. The molecule has 4 heteroatoms. The Morgan fingerprint density at radius 1 is 1.83 bits per heavy atom. The Hall–Kier alpha value is -1.03. The van der Waals surface area contributed by atoms with E-state index in [1.807, 2.05) is 24.4 Å². The molecule has 0 saturated heterocycles. The van der Waals surface area contributed by atoms with E-state index in [0.29, 0.717) is 0 Å². The second-order valence-corrected chi connectivity index (χ2v) is 3.56. The zero-order chi connectivity index (χ0) is 8.97. The SMILES string of the molecule is CC(Cc1cccs1)OC(N)=O. The molecule has 1 aromatic rings. The highest BCUT2D eigenvalue weighted by Crippen LogP contribution is 2.12. The molecule has 1 heterocycles. The molecule has 0 bridgehead atoms. The van der Waals surface area contributed by atoms with Gasteiger partial charge in [0.25, 0.3) is 0 Å². The van der Waals surface area contributed by atoms with Gasteiger partial charge in [0.15, 0.2) is 0 Å². The molecule has 3 nitrogen and oxygen atoms in total. The molecule has 0 aliphatic rings. The predicted octanol–water partition coefficient (Wildman–Crippen LogP) is 1.77. The van der Waals surface area contributed by atoms with Crippen LogP contribution in [0.15, 0.2) is 17.5 Å². The van der Waals surface area contributed by atoms with E-state index in [9.17, 15) is 4.79 Å². The zero-order valence-electron chi connectivity index (χ0n) is 6.82. The summed E-state index contributed by atoms with van der Waals surface area (Å²) in [7, 11) is 0. The molecular weight excluding hydrogens is 174 g/mol. The molecule has 0 spiro atoms. The molecule has 0 saturated carbocycles. The maximum absolute atomic E-state index is 10.3. The van der Waals surface area contributed by atoms with Gasteiger partial charge in [0.2, 0.25) is 0 Å². The summed E-state index contributed by atoms with van der Waals surface area (Å²) >= 11 is 1.65. The van der Waals surface area contributed by atoms with Crippen LogP contribution in [0, 0.1) is 0 Å². The summed E-state index contributed by atoms with van der Waals surface area (Å²) in [6.07, 6.45) is -0.110. The third-order valence-electron chi connectivity index (χ3n) is 1.39. The van der Waals surface area contributed by atoms with Crippen molar-refractivity contribution < 1.29 is 9.53 Å². The Morgan fingerprint density at radius 2 is 2.58 bits per heavy atom. The minimum Gasteiger partial charge on any atom is -0.446 e. The Labute approximate surface area is 75.1 Å². The van der Waals surface area contributed by atoms with Crippen molar-refractivity contribution in [3.8, 4) is 0 Å². The van der Waals surface area contributed by atoms with Crippen molar-refractivity contribution in [3.63, 3.8) is 0 Å². The van der Waals surface area contributed by atoms with Crippen molar-refractivity contribution in [2.45, 2.75) is 19.4 Å². The quantitative estimate of drug-likeness (QED) is 0.780. The van der Waals surface area contributed by atoms with Crippen LogP contribution in [0.5, 0.6) is 0 Å². The number of primary amides is 1. The average molecular weight is 185 g/mol. The highest BCUT2D eigenvalue weighted by molar-refractivity contribution is 7.09. The Morgan fingerprint density at radius 3 is 3.08 bits per heavy atom. The third kappa shape index (κ3) is 2.92. The van der Waals surface area contributed by atoms with Crippen LogP contribution in [0.25, 0.3) is 0 Å². The van der Waals surface area contributed by atoms with Crippen LogP contribution >= 0.6 is 11.3 Å². The van der Waals surface area contributed by atoms with E-state index < -0.39 is 6.09 Å². The molecule has 1 rings (SSSR count). The van der Waals surface area contributed by atoms with Crippen molar-refractivity contribution >= 4 is 17.4 Å². The van der Waals surface area contributed by atoms with Crippen LogP contribution in [0.4, 0.5) is 4.79 Å². The summed E-state index contributed by atoms with van der Waals surface area (Å²) in [5.74, 6) is 0. The van der Waals surface area contributed by atoms with Gasteiger partial charge in [0.1, 0.15) is 6.10 Å². The molecule has 12 heavy (non-hydrogen) atoms. The predicted molar refractivity (Wildman–Crippen MR) is 48.2 cm³/mol. The van der Waals surface area contributed by atoms with Crippen LogP contribution in [0.2, 0.25) is 0 Å². The number of carbonyl (C=O) groups excluding carboxylic acids is 1. The van der Waals surface area contributed by atoms with Gasteiger partial charge in [-0.25, -0.2) is 4.79 Å². The molecule has 1 amide bonds. The first-order valence-corrected chi connectivity index (χ1v) is 4.55. The fourth-order valence-corrected chi connectivity index (χ4v) is 1.77. The number of amides is 1. The van der Waals surface area contributed by atoms with Gasteiger partial charge in [0.05, 0.1) is 0 Å². The summed E-state index contributed by atoms with van der Waals surface area (Å²) in [6, 6.07) is 3.97. The Bertz CT molecular complexity index is 246. The van der Waals surface area contributed by atoms with Gasteiger partial charge < -0.3 is 10.5 Å². The Balaban J connectivity index is 2.36. The summed E-state index contributed by atoms with van der Waals surface area (Å²) in [5.41, 5.74) is 4.86. The average Bonchev–Trinajstić information content (AvgIpc) is 2.37. The summed E-state index contributed by atoms with van der Waals surface area (Å²) < 4.78 is 4.77. The van der Waals surface area contributed by atoms with Gasteiger partial charge in [-0.15, -0.1) is 11.3 Å². The van der Waals surface area contributed by atoms with Gasteiger partial charge in [-0.3, -0.25) is 0 Å². The number of ether oxygens (including phenoxy) is 1. The number of nitrogens with two attached hydrogens (primary N) is 1. The van der Waals surface area contributed by atoms with Gasteiger partial charge in [-0.05, 0) is 18.4 Å². The second-order valence-electron chi connectivity index (χ2n) is 2.53. The number of thiophene rings is 1. The van der Waals surface area contributed by atoms with Crippen molar-refractivity contribution in [1.29, 1.82) is 0 Å². The number of carbonyl (C=O) groups is 1. The van der Waals surface area contributed by atoms with Gasteiger partial charge in [0, 0.05) is 11.3 Å². The second kappa shape index (κ2) is 4.11. The lowest BCUT2D eigenvalue weighted by Crippen LogP contribution is -2.21. The smallest absolute Gasteiger partial charge is 0.404 e. The highest BCUT2D eigenvalue weighted by Gasteiger charge is 2.06. The van der Waals surface area contributed by atoms with Crippen LogP contribution in [-0.4, -0.2) is 12.2 Å². The molecular formula is C8H11NO2S. The summed E-state index contributed by atoms with van der Waals surface area (Å²) in [6.45, 7) is 1.82. The van der Waals surface area contributed by atoms with E-state index in [1.54, 1.807) is 11.3 Å². The normalized spacial score (nSPS) is 12.4. The third-order valence-corrected chi connectivity index (χ3v) is 2.28. The van der Waals surface area contributed by atoms with E-state index in [4.69, 9.17) is 10.5 Å². The van der Waals surface area contributed by atoms with Crippen molar-refractivity contribution in [2.75, 3.05) is 0 Å². The molecule has 2 N–H and O–H groups in total. The number of hydrogen-bond donors (Lipinski definition) is 1. The van der Waals surface area contributed by atoms with Crippen LogP contribution < -0.4 is 5.73 Å². The van der Waals surface area contributed by atoms with E-state index in [-0.39, 0.29) is 6.10 Å². The number of rotatable bonds is 3. The standard InChI is InChI=1S/C8H11NO2S/c1-6(11-8(9)10)5-7-3-2-4-12-7/h2-4,6H,5H2,1H3,(H2,9,10). The lowest BCUT2D eigenvalue weighted by atomic mass is 10.2. The maximum Gasteiger partial charge on any atom is 0.404 e. The first-order valence-electron chi connectivity index (χ1n) is 3.67. The van der Waals surface area contributed by atoms with Gasteiger partial charge in [-0.2, -0.15) is 0 Å². The number of hydrogen-bond acceptors (Lipinski definition) is 3. The highest BCUT2D eigenvalue weighted by atomic mass is 32.1. The van der Waals surface area contributed by atoms with E-state index in [0.717, 1.165) is 6.42 Å². The van der Waals surface area contributed by atoms with E-state index in [2.05, 4.69) is 0 Å². The van der Waals surface area contributed by atoms with E-state index in [1.165, 1.54) is 4.88 Å². The fourth-order valence-electron chi connectivity index (χ4n) is 0.952. The topological polar surface area (TPSA) is 52.3 Å². The van der Waals surface area contributed by atoms with E-state index >= 15 is 0 Å². The molecule has 0 fully saturated rings. The minimum atomic E-state index is -0.709. The molecule has 0 aliphatic carbocycles. The van der Waals surface area contributed by atoms with Crippen molar-refractivity contribution in [3.05, 3.63) is 22.4 Å². The largest absolute Gasteiger partial charge is 0.446 e. The summed E-state index contributed by atoms with van der Waals surface area (Å²) in [5, 5.41) is 1.99. The molecule has 66 valence electrons. The molecule has 1 unspecified atom stereocenters. The maximum atomic E-state index is 10.3. The lowest BCUT2D eigenvalue weighted by molar-refractivity contribution is 0.117. The minimum absolute atomic E-state index is 0.138. The van der Waals surface area contributed by atoms with Gasteiger partial charge in [-0.1, -0.05) is 6.07 Å². The lowest BCUT2D eigenvalue weighted by Gasteiger charge is -2.08. The molecule has 1 aromatic heterocycles. The first-order chi connectivity index (χ1) is 5.68. The fraction of sp³-hybridized carbons (Fsp3) is 0.375. The Kier molecular flexibility index (Phi) is 3.10. The zero-order valence-corrected chi connectivity index (χ0v) is 7.64. The van der Waals surface area contributed by atoms with Crippen LogP contribution in [0.1, 0.15) is 11.8 Å². The van der Waals surface area contributed by atoms with Gasteiger partial charge >= 0.3 is 6.09 Å². The first kappa shape index (κ1) is 9.06.